The summed E-state index contributed by atoms with van der Waals surface area (Å²) in [7, 11) is 0. The Bertz CT molecular complexity index is 99.4. The average Bonchev–Trinajstić information content (AvgIpc) is 1.89. The summed E-state index contributed by atoms with van der Waals surface area (Å²) in [5.41, 5.74) is 0. The van der Waals surface area contributed by atoms with Gasteiger partial charge in [-0.15, -0.1) is 0 Å². The molecule has 0 amide bonds. The van der Waals surface area contributed by atoms with E-state index in [1.165, 1.54) is 0 Å². The number of unbranched alkanes of at least 4 members (excludes halogenated alkanes) is 1. The zero-order chi connectivity index (χ0) is 7.98. The van der Waals surface area contributed by atoms with Gasteiger partial charge in [0.2, 0.25) is 0 Å². The zero-order valence-electron chi connectivity index (χ0n) is 6.47. The first kappa shape index (κ1) is 9.47. The molecule has 1 unspecified atom stereocenters. The van der Waals surface area contributed by atoms with Crippen LogP contribution in [-0.2, 0) is 4.79 Å². The zero-order valence-corrected chi connectivity index (χ0v) is 6.47. The van der Waals surface area contributed by atoms with E-state index >= 15 is 0 Å². The summed E-state index contributed by atoms with van der Waals surface area (Å²) in [5, 5.41) is 8.58. The molecule has 1 N–H and O–H groups in total. The van der Waals surface area contributed by atoms with Crippen molar-refractivity contribution in [2.45, 2.75) is 32.6 Å². The molecule has 0 aromatic carbocycles. The van der Waals surface area contributed by atoms with Crippen molar-refractivity contribution in [2.75, 3.05) is 0 Å². The molecule has 0 spiro atoms. The van der Waals surface area contributed by atoms with Crippen molar-refractivity contribution in [3.05, 3.63) is 6.92 Å². The topological polar surface area (TPSA) is 37.3 Å². The second-order valence-electron chi connectivity index (χ2n) is 2.44. The molecule has 0 rings (SSSR count). The van der Waals surface area contributed by atoms with Crippen LogP contribution in [-0.4, -0.2) is 11.1 Å². The lowest BCUT2D eigenvalue weighted by Crippen LogP contribution is -2.11. The second-order valence-corrected chi connectivity index (χ2v) is 2.44. The predicted octanol–water partition coefficient (Wildman–Crippen LogP) is 2.10. The van der Waals surface area contributed by atoms with Gasteiger partial charge in [-0.1, -0.05) is 26.7 Å². The molecular formula is C8H15O2. The second kappa shape index (κ2) is 5.27. The van der Waals surface area contributed by atoms with Gasteiger partial charge in [0, 0.05) is 0 Å². The van der Waals surface area contributed by atoms with Gasteiger partial charge in [-0.3, -0.25) is 4.79 Å². The molecule has 1 atom stereocenters. The van der Waals surface area contributed by atoms with E-state index < -0.39 is 5.97 Å². The number of carboxylic acids is 1. The summed E-state index contributed by atoms with van der Waals surface area (Å²) in [6.07, 6.45) is 3.26. The van der Waals surface area contributed by atoms with Gasteiger partial charge in [-0.25, -0.2) is 0 Å². The molecule has 0 saturated heterocycles. The van der Waals surface area contributed by atoms with Crippen molar-refractivity contribution >= 4 is 5.97 Å². The molecule has 0 saturated carbocycles. The van der Waals surface area contributed by atoms with Crippen molar-refractivity contribution < 1.29 is 9.90 Å². The Morgan fingerprint density at radius 3 is 2.60 bits per heavy atom. The molecule has 0 fully saturated rings. The highest BCUT2D eigenvalue weighted by atomic mass is 16.4. The number of hydrogen-bond donors (Lipinski definition) is 1. The van der Waals surface area contributed by atoms with Crippen molar-refractivity contribution in [3.63, 3.8) is 0 Å². The third-order valence-corrected chi connectivity index (χ3v) is 1.64. The fraction of sp³-hybridized carbons (Fsp3) is 0.750. The highest BCUT2D eigenvalue weighted by molar-refractivity contribution is 5.69. The minimum absolute atomic E-state index is 0.151. The van der Waals surface area contributed by atoms with Crippen LogP contribution in [0.2, 0.25) is 0 Å². The van der Waals surface area contributed by atoms with Gasteiger partial charge in [0.25, 0.3) is 0 Å². The fourth-order valence-corrected chi connectivity index (χ4v) is 0.893. The highest BCUT2D eigenvalue weighted by Crippen LogP contribution is 2.11. The number of aliphatic carboxylic acids is 1. The summed E-state index contributed by atoms with van der Waals surface area (Å²) < 4.78 is 0. The van der Waals surface area contributed by atoms with Gasteiger partial charge in [0.15, 0.2) is 0 Å². The monoisotopic (exact) mass is 143 g/mol. The van der Waals surface area contributed by atoms with Gasteiger partial charge < -0.3 is 5.11 Å². The maximum Gasteiger partial charge on any atom is 0.306 e. The molecule has 0 bridgehead atoms. The van der Waals surface area contributed by atoms with E-state index in [0.29, 0.717) is 0 Å². The van der Waals surface area contributed by atoms with E-state index in [1.54, 1.807) is 0 Å². The van der Waals surface area contributed by atoms with Crippen LogP contribution < -0.4 is 0 Å². The Morgan fingerprint density at radius 1 is 1.70 bits per heavy atom. The molecule has 0 heterocycles. The van der Waals surface area contributed by atoms with E-state index in [-0.39, 0.29) is 5.92 Å². The summed E-state index contributed by atoms with van der Waals surface area (Å²) in [6, 6.07) is 0. The Kier molecular flexibility index (Phi) is 4.99. The van der Waals surface area contributed by atoms with E-state index in [9.17, 15) is 4.79 Å². The van der Waals surface area contributed by atoms with Crippen LogP contribution in [0.4, 0.5) is 0 Å². The number of carboxylic acid groups (broad SMARTS) is 1. The smallest absolute Gasteiger partial charge is 0.306 e. The third-order valence-electron chi connectivity index (χ3n) is 1.64. The van der Waals surface area contributed by atoms with Gasteiger partial charge in [-0.05, 0) is 12.8 Å². The van der Waals surface area contributed by atoms with E-state index in [2.05, 4.69) is 6.92 Å². The maximum atomic E-state index is 10.4. The predicted molar refractivity (Wildman–Crippen MR) is 40.6 cm³/mol. The normalized spacial score (nSPS) is 13.0. The highest BCUT2D eigenvalue weighted by Gasteiger charge is 2.12. The quantitative estimate of drug-likeness (QED) is 0.640. The standard InChI is InChI=1S/C8H15O2/c1-3-5-6-7(4-2)8(9)10/h7H,1,3-6H2,2H3,(H,9,10). The average molecular weight is 143 g/mol. The molecule has 2 nitrogen and oxygen atoms in total. The van der Waals surface area contributed by atoms with Crippen LogP contribution in [0.1, 0.15) is 32.6 Å². The van der Waals surface area contributed by atoms with Crippen LogP contribution in [0.5, 0.6) is 0 Å². The SMILES string of the molecule is [CH2]CCCC(CC)C(=O)O. The Morgan fingerprint density at radius 2 is 2.30 bits per heavy atom. The lowest BCUT2D eigenvalue weighted by Gasteiger charge is -2.06. The van der Waals surface area contributed by atoms with Crippen LogP contribution in [0.25, 0.3) is 0 Å². The lowest BCUT2D eigenvalue weighted by atomic mass is 10.00. The van der Waals surface area contributed by atoms with Crippen LogP contribution in [0.3, 0.4) is 0 Å². The van der Waals surface area contributed by atoms with Gasteiger partial charge >= 0.3 is 5.97 Å². The lowest BCUT2D eigenvalue weighted by molar-refractivity contribution is -0.142. The van der Waals surface area contributed by atoms with E-state index in [0.717, 1.165) is 25.7 Å². The first-order valence-electron chi connectivity index (χ1n) is 3.74. The minimum Gasteiger partial charge on any atom is -0.481 e. The number of hydrogen-bond acceptors (Lipinski definition) is 1. The van der Waals surface area contributed by atoms with E-state index in [1.807, 2.05) is 6.92 Å². The fourth-order valence-electron chi connectivity index (χ4n) is 0.893. The summed E-state index contributed by atoms with van der Waals surface area (Å²) in [4.78, 5) is 10.4. The van der Waals surface area contributed by atoms with Crippen LogP contribution in [0, 0.1) is 12.8 Å². The Balaban J connectivity index is 3.50. The van der Waals surface area contributed by atoms with Crippen molar-refractivity contribution in [1.82, 2.24) is 0 Å². The summed E-state index contributed by atoms with van der Waals surface area (Å²) in [5.74, 6) is -0.822. The summed E-state index contributed by atoms with van der Waals surface area (Å²) in [6.45, 7) is 5.56. The Labute approximate surface area is 62.2 Å². The summed E-state index contributed by atoms with van der Waals surface area (Å²) >= 11 is 0. The first-order chi connectivity index (χ1) is 4.72. The Hall–Kier alpha value is -0.530. The molecule has 0 aliphatic heterocycles. The molecular weight excluding hydrogens is 128 g/mol. The van der Waals surface area contributed by atoms with E-state index in [4.69, 9.17) is 5.11 Å². The molecule has 2 heteroatoms. The van der Waals surface area contributed by atoms with Gasteiger partial charge in [-0.2, -0.15) is 0 Å². The molecule has 59 valence electrons. The largest absolute Gasteiger partial charge is 0.481 e. The molecule has 1 radical (unpaired) electrons. The number of rotatable bonds is 5. The van der Waals surface area contributed by atoms with Gasteiger partial charge in [0.1, 0.15) is 0 Å². The minimum atomic E-state index is -0.670. The van der Waals surface area contributed by atoms with Crippen molar-refractivity contribution in [1.29, 1.82) is 0 Å². The van der Waals surface area contributed by atoms with Crippen LogP contribution in [0.15, 0.2) is 0 Å². The molecule has 0 aliphatic rings. The maximum absolute atomic E-state index is 10.4. The molecule has 10 heavy (non-hydrogen) atoms. The molecule has 0 aromatic heterocycles. The molecule has 0 aliphatic carbocycles. The van der Waals surface area contributed by atoms with Crippen molar-refractivity contribution in [3.8, 4) is 0 Å². The van der Waals surface area contributed by atoms with Crippen molar-refractivity contribution in [2.24, 2.45) is 5.92 Å². The van der Waals surface area contributed by atoms with Gasteiger partial charge in [0.05, 0.1) is 5.92 Å². The first-order valence-corrected chi connectivity index (χ1v) is 3.74. The van der Waals surface area contributed by atoms with Crippen LogP contribution >= 0.6 is 0 Å². The molecule has 0 aromatic rings. The number of carbonyl (C=O) groups is 1. The third kappa shape index (κ3) is 3.49.